The molecule has 0 aliphatic heterocycles. The second kappa shape index (κ2) is 8.95. The number of primary amides is 1. The number of nitrogens with one attached hydrogen (secondary N) is 3. The van der Waals surface area contributed by atoms with Crippen LogP contribution in [0.15, 0.2) is 54.7 Å². The Labute approximate surface area is 173 Å². The summed E-state index contributed by atoms with van der Waals surface area (Å²) in [6, 6.07) is 13.7. The number of nitrogens with two attached hydrogens (primary N) is 1. The summed E-state index contributed by atoms with van der Waals surface area (Å²) in [6.07, 6.45) is 1.40. The standard InChI is InChI=1S/C22H22N4O4/c1-3-30-21(28)17-12-24-19(20(23)27)18(17)14-6-10-16(11-7-14)26-22(29)25-15-8-4-13(2)5-9-15/h4-12,24H,3H2,1-2H3,(H2,23,27)(H2,25,26,29). The molecule has 8 heteroatoms. The number of carbonyl (C=O) groups is 3. The first-order valence-corrected chi connectivity index (χ1v) is 9.32. The van der Waals surface area contributed by atoms with Gasteiger partial charge in [-0.15, -0.1) is 0 Å². The fourth-order valence-corrected chi connectivity index (χ4v) is 2.94. The minimum atomic E-state index is -0.694. The highest BCUT2D eigenvalue weighted by molar-refractivity contribution is 6.07. The second-order valence-electron chi connectivity index (χ2n) is 6.56. The molecule has 0 saturated carbocycles. The van der Waals surface area contributed by atoms with Crippen molar-refractivity contribution in [2.75, 3.05) is 17.2 Å². The lowest BCUT2D eigenvalue weighted by Crippen LogP contribution is -2.19. The Balaban J connectivity index is 1.79. The summed E-state index contributed by atoms with van der Waals surface area (Å²) in [5.74, 6) is -1.25. The summed E-state index contributed by atoms with van der Waals surface area (Å²) in [4.78, 5) is 38.9. The molecule has 0 spiro atoms. The van der Waals surface area contributed by atoms with Crippen molar-refractivity contribution in [1.82, 2.24) is 4.98 Å². The number of carbonyl (C=O) groups excluding carboxylic acids is 3. The van der Waals surface area contributed by atoms with Gasteiger partial charge >= 0.3 is 12.0 Å². The molecule has 0 fully saturated rings. The van der Waals surface area contributed by atoms with Crippen molar-refractivity contribution in [1.29, 1.82) is 0 Å². The van der Waals surface area contributed by atoms with E-state index in [1.54, 1.807) is 31.2 Å². The predicted octanol–water partition coefficient (Wildman–Crippen LogP) is 3.91. The average Bonchev–Trinajstić information content (AvgIpc) is 3.16. The Kier molecular flexibility index (Phi) is 6.17. The van der Waals surface area contributed by atoms with Crippen LogP contribution in [0.4, 0.5) is 16.2 Å². The van der Waals surface area contributed by atoms with Crippen LogP contribution in [-0.4, -0.2) is 29.5 Å². The van der Waals surface area contributed by atoms with Crippen LogP contribution in [0.5, 0.6) is 0 Å². The fraction of sp³-hybridized carbons (Fsp3) is 0.136. The first kappa shape index (κ1) is 20.7. The van der Waals surface area contributed by atoms with Crippen molar-refractivity contribution in [3.63, 3.8) is 0 Å². The molecule has 8 nitrogen and oxygen atoms in total. The molecular weight excluding hydrogens is 384 g/mol. The normalized spacial score (nSPS) is 10.3. The van der Waals surface area contributed by atoms with Crippen molar-refractivity contribution in [2.45, 2.75) is 13.8 Å². The number of amides is 3. The van der Waals surface area contributed by atoms with Gasteiger partial charge in [0, 0.05) is 23.1 Å². The van der Waals surface area contributed by atoms with Crippen molar-refractivity contribution in [3.8, 4) is 11.1 Å². The number of aryl methyl sites for hydroxylation is 1. The molecule has 0 bridgehead atoms. The SMILES string of the molecule is CCOC(=O)c1c[nH]c(C(N)=O)c1-c1ccc(NC(=O)Nc2ccc(C)cc2)cc1. The first-order chi connectivity index (χ1) is 14.4. The van der Waals surface area contributed by atoms with Crippen molar-refractivity contribution in [2.24, 2.45) is 5.73 Å². The van der Waals surface area contributed by atoms with Gasteiger partial charge in [-0.1, -0.05) is 29.8 Å². The van der Waals surface area contributed by atoms with E-state index in [1.165, 1.54) is 6.20 Å². The summed E-state index contributed by atoms with van der Waals surface area (Å²) in [5.41, 5.74) is 9.00. The van der Waals surface area contributed by atoms with Gasteiger partial charge in [0.05, 0.1) is 12.2 Å². The molecule has 154 valence electrons. The van der Waals surface area contributed by atoms with E-state index in [9.17, 15) is 14.4 Å². The highest BCUT2D eigenvalue weighted by atomic mass is 16.5. The molecule has 1 heterocycles. The molecule has 3 rings (SSSR count). The largest absolute Gasteiger partial charge is 0.462 e. The molecule has 0 aliphatic carbocycles. The fourth-order valence-electron chi connectivity index (χ4n) is 2.94. The Hall–Kier alpha value is -4.07. The smallest absolute Gasteiger partial charge is 0.340 e. The lowest BCUT2D eigenvalue weighted by atomic mass is 10.0. The third kappa shape index (κ3) is 4.67. The van der Waals surface area contributed by atoms with Gasteiger partial charge < -0.3 is 26.1 Å². The third-order valence-corrected chi connectivity index (χ3v) is 4.36. The molecular formula is C22H22N4O4. The average molecular weight is 406 g/mol. The number of ether oxygens (including phenoxy) is 1. The molecule has 3 aromatic rings. The maximum Gasteiger partial charge on any atom is 0.340 e. The highest BCUT2D eigenvalue weighted by Crippen LogP contribution is 2.29. The molecule has 0 unspecified atom stereocenters. The molecule has 0 aliphatic rings. The summed E-state index contributed by atoms with van der Waals surface area (Å²) in [6.45, 7) is 3.86. The van der Waals surface area contributed by atoms with Gasteiger partial charge in [-0.3, -0.25) is 4.79 Å². The van der Waals surface area contributed by atoms with Gasteiger partial charge in [-0.25, -0.2) is 9.59 Å². The monoisotopic (exact) mass is 406 g/mol. The van der Waals surface area contributed by atoms with Crippen LogP contribution < -0.4 is 16.4 Å². The number of hydrogen-bond acceptors (Lipinski definition) is 4. The maximum absolute atomic E-state index is 12.2. The third-order valence-electron chi connectivity index (χ3n) is 4.36. The minimum absolute atomic E-state index is 0.107. The lowest BCUT2D eigenvalue weighted by molar-refractivity contribution is 0.0527. The van der Waals surface area contributed by atoms with Crippen LogP contribution in [0.1, 0.15) is 33.3 Å². The molecule has 0 saturated heterocycles. The Bertz CT molecular complexity index is 1070. The molecule has 5 N–H and O–H groups in total. The molecule has 3 amide bonds. The van der Waals surface area contributed by atoms with E-state index in [1.807, 2.05) is 31.2 Å². The van der Waals surface area contributed by atoms with Crippen LogP contribution in [0.25, 0.3) is 11.1 Å². The van der Waals surface area contributed by atoms with E-state index in [4.69, 9.17) is 10.5 Å². The zero-order valence-corrected chi connectivity index (χ0v) is 16.6. The molecule has 30 heavy (non-hydrogen) atoms. The molecule has 2 aromatic carbocycles. The van der Waals surface area contributed by atoms with E-state index in [2.05, 4.69) is 15.6 Å². The Morgan fingerprint density at radius 1 is 0.967 bits per heavy atom. The predicted molar refractivity (Wildman–Crippen MR) is 115 cm³/mol. The van der Waals surface area contributed by atoms with Crippen LogP contribution >= 0.6 is 0 Å². The number of aromatic nitrogens is 1. The van der Waals surface area contributed by atoms with E-state index in [-0.39, 0.29) is 17.9 Å². The quantitative estimate of drug-likeness (QED) is 0.463. The van der Waals surface area contributed by atoms with Crippen molar-refractivity contribution < 1.29 is 19.1 Å². The van der Waals surface area contributed by atoms with Gasteiger partial charge in [0.25, 0.3) is 5.91 Å². The van der Waals surface area contributed by atoms with Gasteiger partial charge in [0.15, 0.2) is 0 Å². The number of aromatic amines is 1. The van der Waals surface area contributed by atoms with Crippen LogP contribution in [0, 0.1) is 6.92 Å². The van der Waals surface area contributed by atoms with E-state index in [0.29, 0.717) is 22.5 Å². The Morgan fingerprint density at radius 3 is 2.07 bits per heavy atom. The number of anilines is 2. The topological polar surface area (TPSA) is 126 Å². The van der Waals surface area contributed by atoms with E-state index >= 15 is 0 Å². The van der Waals surface area contributed by atoms with Crippen LogP contribution in [0.2, 0.25) is 0 Å². The Morgan fingerprint density at radius 2 is 1.53 bits per heavy atom. The minimum Gasteiger partial charge on any atom is -0.462 e. The highest BCUT2D eigenvalue weighted by Gasteiger charge is 2.22. The zero-order valence-electron chi connectivity index (χ0n) is 16.6. The summed E-state index contributed by atoms with van der Waals surface area (Å²) in [7, 11) is 0. The van der Waals surface area contributed by atoms with Crippen LogP contribution in [-0.2, 0) is 4.74 Å². The van der Waals surface area contributed by atoms with Crippen LogP contribution in [0.3, 0.4) is 0 Å². The van der Waals surface area contributed by atoms with E-state index < -0.39 is 17.9 Å². The molecule has 0 atom stereocenters. The maximum atomic E-state index is 12.2. The molecule has 1 aromatic heterocycles. The zero-order chi connectivity index (χ0) is 21.7. The summed E-state index contributed by atoms with van der Waals surface area (Å²) in [5, 5.41) is 5.48. The number of hydrogen-bond donors (Lipinski definition) is 4. The van der Waals surface area contributed by atoms with E-state index in [0.717, 1.165) is 5.56 Å². The second-order valence-corrected chi connectivity index (χ2v) is 6.56. The van der Waals surface area contributed by atoms with Crippen molar-refractivity contribution >= 4 is 29.3 Å². The first-order valence-electron chi connectivity index (χ1n) is 9.32. The van der Waals surface area contributed by atoms with Gasteiger partial charge in [0.2, 0.25) is 0 Å². The van der Waals surface area contributed by atoms with Gasteiger partial charge in [-0.2, -0.15) is 0 Å². The number of H-pyrrole nitrogens is 1. The molecule has 0 radical (unpaired) electrons. The number of esters is 1. The number of urea groups is 1. The summed E-state index contributed by atoms with van der Waals surface area (Å²) >= 11 is 0. The van der Waals surface area contributed by atoms with Crippen molar-refractivity contribution in [3.05, 3.63) is 71.5 Å². The number of benzene rings is 2. The summed E-state index contributed by atoms with van der Waals surface area (Å²) < 4.78 is 5.05. The lowest BCUT2D eigenvalue weighted by Gasteiger charge is -2.10. The van der Waals surface area contributed by atoms with Gasteiger partial charge in [0.1, 0.15) is 5.69 Å². The number of rotatable bonds is 6. The van der Waals surface area contributed by atoms with Gasteiger partial charge in [-0.05, 0) is 43.7 Å².